The number of hydrogen-bond acceptors (Lipinski definition) is 4. The smallest absolute Gasteiger partial charge is 0.338 e. The Morgan fingerprint density at radius 3 is 3.11 bits per heavy atom. The quantitative estimate of drug-likeness (QED) is 0.727. The van der Waals surface area contributed by atoms with Crippen molar-refractivity contribution in [1.29, 1.82) is 0 Å². The number of hydrogen-bond donors (Lipinski definition) is 2. The summed E-state index contributed by atoms with van der Waals surface area (Å²) in [4.78, 5) is 14.5. The zero-order valence-electron chi connectivity index (χ0n) is 10.0. The van der Waals surface area contributed by atoms with Crippen LogP contribution in [0.1, 0.15) is 17.3 Å². The molecule has 0 amide bonds. The van der Waals surface area contributed by atoms with Crippen LogP contribution < -0.4 is 5.32 Å². The van der Waals surface area contributed by atoms with Crippen LogP contribution in [0.2, 0.25) is 0 Å². The van der Waals surface area contributed by atoms with Gasteiger partial charge >= 0.3 is 5.97 Å². The molecule has 6 heteroatoms. The molecule has 1 unspecified atom stereocenters. The standard InChI is InChI=1S/C12H15FN2O3/c1-3-6-18-8(2)7-15-11-10(13)9(12(16)17)4-5-14-11/h3-5,8H,1,6-7H2,2H3,(H,14,15)(H,16,17). The molecule has 18 heavy (non-hydrogen) atoms. The van der Waals surface area contributed by atoms with Gasteiger partial charge in [0.2, 0.25) is 0 Å². The molecular weight excluding hydrogens is 239 g/mol. The predicted molar refractivity (Wildman–Crippen MR) is 65.3 cm³/mol. The molecule has 0 spiro atoms. The van der Waals surface area contributed by atoms with Crippen molar-refractivity contribution in [3.05, 3.63) is 36.3 Å². The number of aromatic carboxylic acids is 1. The maximum absolute atomic E-state index is 13.7. The number of carboxylic acids is 1. The average Bonchev–Trinajstić information content (AvgIpc) is 2.34. The number of carboxylic acid groups (broad SMARTS) is 1. The highest BCUT2D eigenvalue weighted by atomic mass is 19.1. The summed E-state index contributed by atoms with van der Waals surface area (Å²) in [5.41, 5.74) is -0.410. The molecule has 1 heterocycles. The maximum atomic E-state index is 13.7. The molecule has 1 rings (SSSR count). The Bertz CT molecular complexity index is 437. The average molecular weight is 254 g/mol. The fourth-order valence-corrected chi connectivity index (χ4v) is 1.26. The number of halogens is 1. The molecule has 1 aromatic rings. The summed E-state index contributed by atoms with van der Waals surface area (Å²) in [5.74, 6) is -2.29. The fraction of sp³-hybridized carbons (Fsp3) is 0.333. The maximum Gasteiger partial charge on any atom is 0.338 e. The second-order valence-electron chi connectivity index (χ2n) is 3.64. The molecule has 0 saturated heterocycles. The predicted octanol–water partition coefficient (Wildman–Crippen LogP) is 1.92. The number of rotatable bonds is 7. The number of anilines is 1. The van der Waals surface area contributed by atoms with Gasteiger partial charge in [0.05, 0.1) is 12.7 Å². The second-order valence-corrected chi connectivity index (χ2v) is 3.64. The minimum Gasteiger partial charge on any atom is -0.478 e. The van der Waals surface area contributed by atoms with Crippen molar-refractivity contribution in [2.45, 2.75) is 13.0 Å². The Hall–Kier alpha value is -1.95. The van der Waals surface area contributed by atoms with Crippen LogP contribution in [-0.2, 0) is 4.74 Å². The molecule has 0 aliphatic carbocycles. The van der Waals surface area contributed by atoms with E-state index in [9.17, 15) is 9.18 Å². The van der Waals surface area contributed by atoms with Gasteiger partial charge in [0.15, 0.2) is 11.6 Å². The molecule has 5 nitrogen and oxygen atoms in total. The first-order valence-corrected chi connectivity index (χ1v) is 5.40. The highest BCUT2D eigenvalue weighted by molar-refractivity contribution is 5.88. The molecule has 2 N–H and O–H groups in total. The molecule has 0 saturated carbocycles. The Kier molecular flexibility index (Phi) is 5.26. The molecule has 0 bridgehead atoms. The van der Waals surface area contributed by atoms with Gasteiger partial charge in [-0.2, -0.15) is 0 Å². The lowest BCUT2D eigenvalue weighted by atomic mass is 10.2. The van der Waals surface area contributed by atoms with Crippen molar-refractivity contribution >= 4 is 11.8 Å². The number of nitrogens with zero attached hydrogens (tertiary/aromatic N) is 1. The third kappa shape index (κ3) is 3.81. The fourth-order valence-electron chi connectivity index (χ4n) is 1.26. The van der Waals surface area contributed by atoms with Crippen molar-refractivity contribution in [1.82, 2.24) is 4.98 Å². The minimum atomic E-state index is -1.33. The van der Waals surface area contributed by atoms with Gasteiger partial charge in [-0.1, -0.05) is 6.08 Å². The normalized spacial score (nSPS) is 11.9. The van der Waals surface area contributed by atoms with Gasteiger partial charge < -0.3 is 15.2 Å². The molecule has 1 atom stereocenters. The molecule has 0 aliphatic rings. The van der Waals surface area contributed by atoms with E-state index in [2.05, 4.69) is 16.9 Å². The summed E-state index contributed by atoms with van der Waals surface area (Å²) < 4.78 is 18.9. The molecule has 0 aromatic carbocycles. The number of ether oxygens (including phenoxy) is 1. The van der Waals surface area contributed by atoms with Gasteiger partial charge in [0, 0.05) is 12.7 Å². The van der Waals surface area contributed by atoms with E-state index in [0.717, 1.165) is 6.07 Å². The molecule has 1 aromatic heterocycles. The van der Waals surface area contributed by atoms with E-state index in [4.69, 9.17) is 9.84 Å². The first-order chi connectivity index (χ1) is 8.56. The van der Waals surface area contributed by atoms with Crippen LogP contribution in [0.4, 0.5) is 10.2 Å². The molecular formula is C12H15FN2O3. The van der Waals surface area contributed by atoms with Crippen LogP contribution in [0.15, 0.2) is 24.9 Å². The Morgan fingerprint density at radius 2 is 2.50 bits per heavy atom. The zero-order valence-corrected chi connectivity index (χ0v) is 10.0. The Labute approximate surface area is 104 Å². The van der Waals surface area contributed by atoms with Gasteiger partial charge in [-0.3, -0.25) is 0 Å². The topological polar surface area (TPSA) is 71.5 Å². The third-order valence-electron chi connectivity index (χ3n) is 2.18. The van der Waals surface area contributed by atoms with Crippen LogP contribution in [0.3, 0.4) is 0 Å². The van der Waals surface area contributed by atoms with E-state index in [-0.39, 0.29) is 11.9 Å². The van der Waals surface area contributed by atoms with E-state index in [0.29, 0.717) is 13.2 Å². The van der Waals surface area contributed by atoms with E-state index in [1.807, 2.05) is 0 Å². The van der Waals surface area contributed by atoms with E-state index < -0.39 is 17.3 Å². The Balaban J connectivity index is 2.65. The van der Waals surface area contributed by atoms with Crippen molar-refractivity contribution in [3.8, 4) is 0 Å². The molecule has 0 fully saturated rings. The van der Waals surface area contributed by atoms with Crippen LogP contribution in [0.5, 0.6) is 0 Å². The highest BCUT2D eigenvalue weighted by Gasteiger charge is 2.15. The second kappa shape index (κ2) is 6.70. The molecule has 98 valence electrons. The van der Waals surface area contributed by atoms with Crippen molar-refractivity contribution in [2.75, 3.05) is 18.5 Å². The van der Waals surface area contributed by atoms with Gasteiger partial charge in [0.25, 0.3) is 0 Å². The van der Waals surface area contributed by atoms with Gasteiger partial charge in [-0.05, 0) is 13.0 Å². The summed E-state index contributed by atoms with van der Waals surface area (Å²) in [6, 6.07) is 1.11. The SMILES string of the molecule is C=CCOC(C)CNc1nccc(C(=O)O)c1F. The van der Waals surface area contributed by atoms with Crippen molar-refractivity contribution < 1.29 is 19.0 Å². The highest BCUT2D eigenvalue weighted by Crippen LogP contribution is 2.15. The zero-order chi connectivity index (χ0) is 13.5. The van der Waals surface area contributed by atoms with Crippen LogP contribution in [0, 0.1) is 5.82 Å². The van der Waals surface area contributed by atoms with Crippen LogP contribution >= 0.6 is 0 Å². The van der Waals surface area contributed by atoms with Crippen LogP contribution in [-0.4, -0.2) is 35.3 Å². The Morgan fingerprint density at radius 1 is 1.78 bits per heavy atom. The number of aromatic nitrogens is 1. The number of pyridine rings is 1. The monoisotopic (exact) mass is 254 g/mol. The van der Waals surface area contributed by atoms with Crippen molar-refractivity contribution in [3.63, 3.8) is 0 Å². The van der Waals surface area contributed by atoms with E-state index in [1.54, 1.807) is 13.0 Å². The summed E-state index contributed by atoms with van der Waals surface area (Å²) in [5, 5.41) is 11.5. The summed E-state index contributed by atoms with van der Waals surface area (Å²) in [6.07, 6.45) is 2.68. The summed E-state index contributed by atoms with van der Waals surface area (Å²) in [7, 11) is 0. The number of nitrogens with one attached hydrogen (secondary N) is 1. The number of carbonyl (C=O) groups is 1. The van der Waals surface area contributed by atoms with Gasteiger partial charge in [-0.25, -0.2) is 14.2 Å². The first kappa shape index (κ1) is 14.1. The third-order valence-corrected chi connectivity index (χ3v) is 2.18. The minimum absolute atomic E-state index is 0.0936. The van der Waals surface area contributed by atoms with Crippen LogP contribution in [0.25, 0.3) is 0 Å². The van der Waals surface area contributed by atoms with E-state index >= 15 is 0 Å². The van der Waals surface area contributed by atoms with E-state index in [1.165, 1.54) is 6.20 Å². The summed E-state index contributed by atoms with van der Waals surface area (Å²) in [6.45, 7) is 6.03. The lowest BCUT2D eigenvalue weighted by molar-refractivity contribution is 0.0692. The first-order valence-electron chi connectivity index (χ1n) is 5.40. The molecule has 0 radical (unpaired) electrons. The summed E-state index contributed by atoms with van der Waals surface area (Å²) >= 11 is 0. The molecule has 0 aliphatic heterocycles. The van der Waals surface area contributed by atoms with Gasteiger partial charge in [-0.15, -0.1) is 6.58 Å². The lowest BCUT2D eigenvalue weighted by Crippen LogP contribution is -2.21. The van der Waals surface area contributed by atoms with Gasteiger partial charge in [0.1, 0.15) is 5.56 Å². The van der Waals surface area contributed by atoms with Crippen molar-refractivity contribution in [2.24, 2.45) is 0 Å². The largest absolute Gasteiger partial charge is 0.478 e. The lowest BCUT2D eigenvalue weighted by Gasteiger charge is -2.13.